The molecule has 1 atom stereocenters. The zero-order valence-corrected chi connectivity index (χ0v) is 22.5. The quantitative estimate of drug-likeness (QED) is 0.385. The molecule has 2 aliphatic heterocycles. The van der Waals surface area contributed by atoms with Gasteiger partial charge in [0.05, 0.1) is 49.1 Å². The lowest BCUT2D eigenvalue weighted by atomic mass is 10.2. The van der Waals surface area contributed by atoms with Crippen molar-refractivity contribution < 1.29 is 40.3 Å². The maximum Gasteiger partial charge on any atom is 0.416 e. The van der Waals surface area contributed by atoms with Gasteiger partial charge in [0.1, 0.15) is 5.76 Å². The number of morpholine rings is 1. The number of halogens is 3. The van der Waals surface area contributed by atoms with Crippen LogP contribution in [-0.2, 0) is 37.0 Å². The third-order valence-corrected chi connectivity index (χ3v) is 8.66. The van der Waals surface area contributed by atoms with E-state index in [0.29, 0.717) is 57.7 Å². The summed E-state index contributed by atoms with van der Waals surface area (Å²) in [7, 11) is -4.42. The first-order valence-corrected chi connectivity index (χ1v) is 14.5. The fraction of sp³-hybridized carbons (Fsp3) is 0.577. The van der Waals surface area contributed by atoms with Crippen LogP contribution in [0.3, 0.4) is 0 Å². The number of hydrogen-bond acceptors (Lipinski definition) is 7. The molecule has 1 aromatic carbocycles. The molecule has 1 amide bonds. The second kappa shape index (κ2) is 13.3. The summed E-state index contributed by atoms with van der Waals surface area (Å²) in [5.41, 5.74) is -1.07. The molecule has 216 valence electrons. The highest BCUT2D eigenvalue weighted by Crippen LogP contribution is 2.31. The van der Waals surface area contributed by atoms with E-state index in [9.17, 15) is 26.4 Å². The first-order valence-electron chi connectivity index (χ1n) is 13.0. The largest absolute Gasteiger partial charge is 0.467 e. The number of benzene rings is 1. The van der Waals surface area contributed by atoms with E-state index in [-0.39, 0.29) is 25.7 Å². The van der Waals surface area contributed by atoms with Crippen molar-refractivity contribution in [2.75, 3.05) is 59.1 Å². The van der Waals surface area contributed by atoms with Crippen LogP contribution in [0.4, 0.5) is 13.2 Å². The second-order valence-electron chi connectivity index (χ2n) is 9.66. The Hall–Kier alpha value is -2.45. The number of amides is 1. The maximum absolute atomic E-state index is 13.6. The summed E-state index contributed by atoms with van der Waals surface area (Å²) < 4.78 is 84.7. The molecule has 2 fully saturated rings. The van der Waals surface area contributed by atoms with Crippen LogP contribution in [0.25, 0.3) is 0 Å². The average molecular weight is 574 g/mol. The molecule has 0 N–H and O–H groups in total. The molecule has 0 aliphatic carbocycles. The number of carbonyl (C=O) groups is 1. The number of alkyl halides is 3. The highest BCUT2D eigenvalue weighted by Gasteiger charge is 2.34. The molecule has 4 rings (SSSR count). The molecular formula is C26H34F3N3O6S. The molecule has 0 spiro atoms. The lowest BCUT2D eigenvalue weighted by Crippen LogP contribution is -2.46. The third-order valence-electron chi connectivity index (χ3n) is 6.82. The number of ether oxygens (including phenoxy) is 2. The van der Waals surface area contributed by atoms with Gasteiger partial charge >= 0.3 is 6.18 Å². The molecule has 2 aliphatic rings. The smallest absolute Gasteiger partial charge is 0.416 e. The van der Waals surface area contributed by atoms with Gasteiger partial charge < -0.3 is 18.8 Å². The van der Waals surface area contributed by atoms with Crippen molar-refractivity contribution in [3.05, 3.63) is 54.0 Å². The normalized spacial score (nSPS) is 19.0. The van der Waals surface area contributed by atoms with Crippen LogP contribution < -0.4 is 0 Å². The highest BCUT2D eigenvalue weighted by molar-refractivity contribution is 7.89. The lowest BCUT2D eigenvalue weighted by Gasteiger charge is -2.30. The Labute approximate surface area is 226 Å². The van der Waals surface area contributed by atoms with Crippen LogP contribution >= 0.6 is 0 Å². The van der Waals surface area contributed by atoms with E-state index in [1.54, 1.807) is 12.1 Å². The first kappa shape index (κ1) is 29.5. The van der Waals surface area contributed by atoms with Gasteiger partial charge in [0.25, 0.3) is 0 Å². The fourth-order valence-electron chi connectivity index (χ4n) is 4.69. The van der Waals surface area contributed by atoms with Gasteiger partial charge in [0, 0.05) is 32.8 Å². The standard InChI is InChI=1S/C26H34F3N3O6S/c27-26(28,29)21-5-1-8-24(17-21)39(34,35)32(10-4-9-30-11-15-36-16-12-30)20-25(33)31(18-22-6-2-13-37-22)19-23-7-3-14-38-23/h1-2,5-6,8,13,17,23H,3-4,7,9-12,14-16,18-20H2. The molecule has 39 heavy (non-hydrogen) atoms. The Morgan fingerprint density at radius 3 is 2.56 bits per heavy atom. The van der Waals surface area contributed by atoms with E-state index in [4.69, 9.17) is 13.9 Å². The summed E-state index contributed by atoms with van der Waals surface area (Å²) in [6.07, 6.45) is -1.36. The highest BCUT2D eigenvalue weighted by atomic mass is 32.2. The maximum atomic E-state index is 13.6. The van der Waals surface area contributed by atoms with E-state index < -0.39 is 39.1 Å². The first-order chi connectivity index (χ1) is 18.6. The van der Waals surface area contributed by atoms with Gasteiger partial charge in [-0.25, -0.2) is 8.42 Å². The van der Waals surface area contributed by atoms with Gasteiger partial charge in [-0.15, -0.1) is 0 Å². The SMILES string of the molecule is O=C(CN(CCCN1CCOCC1)S(=O)(=O)c1cccc(C(F)(F)F)c1)N(Cc1ccco1)CC1CCCO1. The van der Waals surface area contributed by atoms with Crippen molar-refractivity contribution in [3.63, 3.8) is 0 Å². The fourth-order valence-corrected chi connectivity index (χ4v) is 6.17. The minimum Gasteiger partial charge on any atom is -0.467 e. The van der Waals surface area contributed by atoms with Crippen LogP contribution in [0.1, 0.15) is 30.6 Å². The predicted molar refractivity (Wildman–Crippen MR) is 135 cm³/mol. The molecule has 0 saturated carbocycles. The van der Waals surface area contributed by atoms with Crippen molar-refractivity contribution in [1.82, 2.24) is 14.1 Å². The molecule has 1 aromatic heterocycles. The van der Waals surface area contributed by atoms with Crippen LogP contribution in [-0.4, -0.2) is 93.6 Å². The third kappa shape index (κ3) is 8.27. The van der Waals surface area contributed by atoms with E-state index in [2.05, 4.69) is 4.90 Å². The summed E-state index contributed by atoms with van der Waals surface area (Å²) >= 11 is 0. The molecule has 13 heteroatoms. The van der Waals surface area contributed by atoms with Crippen molar-refractivity contribution in [3.8, 4) is 0 Å². The van der Waals surface area contributed by atoms with Crippen LogP contribution in [0, 0.1) is 0 Å². The van der Waals surface area contributed by atoms with Gasteiger partial charge in [0.2, 0.25) is 15.9 Å². The zero-order valence-electron chi connectivity index (χ0n) is 21.6. The van der Waals surface area contributed by atoms with Crippen LogP contribution in [0.5, 0.6) is 0 Å². The Morgan fingerprint density at radius 2 is 1.90 bits per heavy atom. The Kier molecular flexibility index (Phi) is 10.0. The van der Waals surface area contributed by atoms with Gasteiger partial charge in [-0.05, 0) is 56.1 Å². The molecule has 3 heterocycles. The van der Waals surface area contributed by atoms with Gasteiger partial charge in [0.15, 0.2) is 0 Å². The second-order valence-corrected chi connectivity index (χ2v) is 11.6. The van der Waals surface area contributed by atoms with Gasteiger partial charge in [-0.2, -0.15) is 17.5 Å². The summed E-state index contributed by atoms with van der Waals surface area (Å²) in [4.78, 5) is 16.7. The topological polar surface area (TPSA) is 92.5 Å². The van der Waals surface area contributed by atoms with E-state index in [0.717, 1.165) is 35.3 Å². The van der Waals surface area contributed by atoms with Gasteiger partial charge in [-0.1, -0.05) is 6.07 Å². The molecule has 9 nitrogen and oxygen atoms in total. The van der Waals surface area contributed by atoms with E-state index in [1.807, 2.05) is 0 Å². The van der Waals surface area contributed by atoms with Gasteiger partial charge in [-0.3, -0.25) is 9.69 Å². The number of hydrogen-bond donors (Lipinski definition) is 0. The molecule has 2 saturated heterocycles. The van der Waals surface area contributed by atoms with Crippen molar-refractivity contribution in [2.45, 2.75) is 43.0 Å². The molecule has 1 unspecified atom stereocenters. The minimum absolute atomic E-state index is 0.0316. The summed E-state index contributed by atoms with van der Waals surface area (Å²) in [6, 6.07) is 7.03. The number of furan rings is 1. The predicted octanol–water partition coefficient (Wildman–Crippen LogP) is 3.22. The summed E-state index contributed by atoms with van der Waals surface area (Å²) in [5, 5.41) is 0. The van der Waals surface area contributed by atoms with E-state index in [1.165, 1.54) is 11.2 Å². The minimum atomic E-state index is -4.70. The summed E-state index contributed by atoms with van der Waals surface area (Å²) in [5.74, 6) is 0.0461. The van der Waals surface area contributed by atoms with Crippen molar-refractivity contribution in [1.29, 1.82) is 0 Å². The Bertz CT molecular complexity index is 1160. The molecule has 2 aromatic rings. The number of rotatable bonds is 12. The van der Waals surface area contributed by atoms with Crippen molar-refractivity contribution >= 4 is 15.9 Å². The lowest BCUT2D eigenvalue weighted by molar-refractivity contribution is -0.137. The number of sulfonamides is 1. The number of carbonyl (C=O) groups excluding carboxylic acids is 1. The molecule has 0 radical (unpaired) electrons. The summed E-state index contributed by atoms with van der Waals surface area (Å²) in [6.45, 7) is 3.55. The van der Waals surface area contributed by atoms with Crippen molar-refractivity contribution in [2.24, 2.45) is 0 Å². The zero-order chi connectivity index (χ0) is 27.9. The average Bonchev–Trinajstić information content (AvgIpc) is 3.62. The molecule has 0 bridgehead atoms. The number of nitrogens with zero attached hydrogens (tertiary/aromatic N) is 3. The van der Waals surface area contributed by atoms with E-state index >= 15 is 0 Å². The van der Waals surface area contributed by atoms with Crippen LogP contribution in [0.2, 0.25) is 0 Å². The Balaban J connectivity index is 1.55. The van der Waals surface area contributed by atoms with Crippen LogP contribution in [0.15, 0.2) is 52.0 Å². The Morgan fingerprint density at radius 1 is 1.10 bits per heavy atom. The monoisotopic (exact) mass is 573 g/mol. The molecular weight excluding hydrogens is 539 g/mol.